The first-order valence-corrected chi connectivity index (χ1v) is 11.0. The molecule has 0 atom stereocenters. The molecule has 0 radical (unpaired) electrons. The molecule has 3 rings (SSSR count). The van der Waals surface area contributed by atoms with Crippen LogP contribution >= 0.6 is 0 Å². The van der Waals surface area contributed by atoms with E-state index in [4.69, 9.17) is 4.74 Å². The lowest BCUT2D eigenvalue weighted by Crippen LogP contribution is -2.55. The van der Waals surface area contributed by atoms with Crippen molar-refractivity contribution >= 4 is 11.8 Å². The van der Waals surface area contributed by atoms with Crippen molar-refractivity contribution in [1.29, 1.82) is 0 Å². The van der Waals surface area contributed by atoms with Gasteiger partial charge in [-0.25, -0.2) is 8.78 Å². The molecule has 0 spiro atoms. The van der Waals surface area contributed by atoms with Gasteiger partial charge in [0.15, 0.2) is 11.4 Å². The second-order valence-corrected chi connectivity index (χ2v) is 7.97. The third kappa shape index (κ3) is 5.36. The maximum atomic E-state index is 13.9. The van der Waals surface area contributed by atoms with E-state index >= 15 is 0 Å². The van der Waals surface area contributed by atoms with Crippen LogP contribution in [-0.4, -0.2) is 60.0 Å². The van der Waals surface area contributed by atoms with Crippen LogP contribution in [0.4, 0.5) is 8.78 Å². The molecule has 9 nitrogen and oxygen atoms in total. The van der Waals surface area contributed by atoms with Crippen LogP contribution in [0, 0.1) is 11.6 Å². The number of nitrogens with one attached hydrogen (secondary N) is 1. The van der Waals surface area contributed by atoms with Gasteiger partial charge in [-0.2, -0.15) is 0 Å². The summed E-state index contributed by atoms with van der Waals surface area (Å²) in [6.07, 6.45) is 3.44. The number of ether oxygens (including phenoxy) is 1. The van der Waals surface area contributed by atoms with Crippen molar-refractivity contribution in [3.05, 3.63) is 63.1 Å². The van der Waals surface area contributed by atoms with Crippen molar-refractivity contribution in [2.24, 2.45) is 0 Å². The fraction of sp³-hybridized carbons (Fsp3) is 0.435. The Kier molecular flexibility index (Phi) is 8.21. The number of rotatable bonds is 10. The molecule has 2 amide bonds. The number of benzene rings is 1. The summed E-state index contributed by atoms with van der Waals surface area (Å²) in [6.45, 7) is 3.25. The van der Waals surface area contributed by atoms with Crippen molar-refractivity contribution in [1.82, 2.24) is 14.9 Å². The fourth-order valence-corrected chi connectivity index (χ4v) is 3.68. The number of halogens is 2. The molecule has 0 aliphatic carbocycles. The van der Waals surface area contributed by atoms with Gasteiger partial charge in [-0.3, -0.25) is 24.1 Å². The van der Waals surface area contributed by atoms with E-state index in [0.717, 1.165) is 18.9 Å². The number of amides is 2. The van der Waals surface area contributed by atoms with Crippen LogP contribution in [-0.2, 0) is 11.3 Å². The predicted molar refractivity (Wildman–Crippen MR) is 120 cm³/mol. The maximum absolute atomic E-state index is 13.9. The van der Waals surface area contributed by atoms with Crippen LogP contribution < -0.4 is 15.8 Å². The SMILES string of the molecule is CCCCN1CN(CCCOC)C(=O)c2c(O)c(=O)c(C(=O)NCc3ccc(F)cc3F)cn21. The number of carbonyl (C=O) groups is 2. The van der Waals surface area contributed by atoms with Crippen molar-refractivity contribution in [3.8, 4) is 5.75 Å². The standard InChI is InChI=1S/C23H28F2N4O5/c1-3-4-9-28-14-27(8-5-10-34-2)23(33)19-21(31)20(30)17(13-29(19)28)22(32)26-12-15-6-7-16(24)11-18(15)25/h6-7,11,13,31H,3-5,8-10,12,14H2,1-2H3,(H,26,32). The lowest BCUT2D eigenvalue weighted by molar-refractivity contribution is 0.0665. The molecular weight excluding hydrogens is 450 g/mol. The molecule has 2 heterocycles. The Bertz CT molecular complexity index is 1120. The number of pyridine rings is 1. The molecule has 0 saturated heterocycles. The quantitative estimate of drug-likeness (QED) is 0.506. The van der Waals surface area contributed by atoms with Gasteiger partial charge >= 0.3 is 0 Å². The number of methoxy groups -OCH3 is 1. The molecule has 0 unspecified atom stereocenters. The van der Waals surface area contributed by atoms with E-state index in [1.165, 1.54) is 21.8 Å². The average molecular weight is 478 g/mol. The molecule has 0 bridgehead atoms. The van der Waals surface area contributed by atoms with E-state index in [0.29, 0.717) is 32.2 Å². The molecule has 184 valence electrons. The molecule has 1 aliphatic rings. The van der Waals surface area contributed by atoms with Gasteiger partial charge in [0.2, 0.25) is 5.43 Å². The molecule has 2 aromatic rings. The van der Waals surface area contributed by atoms with E-state index in [-0.39, 0.29) is 24.5 Å². The van der Waals surface area contributed by atoms with Crippen LogP contribution in [0.3, 0.4) is 0 Å². The van der Waals surface area contributed by atoms with Gasteiger partial charge in [0.05, 0.1) is 0 Å². The summed E-state index contributed by atoms with van der Waals surface area (Å²) in [4.78, 5) is 40.1. The maximum Gasteiger partial charge on any atom is 0.277 e. The van der Waals surface area contributed by atoms with E-state index < -0.39 is 40.2 Å². The zero-order valence-corrected chi connectivity index (χ0v) is 19.1. The van der Waals surface area contributed by atoms with Gasteiger partial charge in [-0.05, 0) is 18.9 Å². The summed E-state index contributed by atoms with van der Waals surface area (Å²) in [6, 6.07) is 2.93. The van der Waals surface area contributed by atoms with Gasteiger partial charge in [-0.1, -0.05) is 19.4 Å². The van der Waals surface area contributed by atoms with Gasteiger partial charge in [0, 0.05) is 51.2 Å². The highest BCUT2D eigenvalue weighted by atomic mass is 19.1. The minimum absolute atomic E-state index is 0.0310. The highest BCUT2D eigenvalue weighted by Crippen LogP contribution is 2.22. The van der Waals surface area contributed by atoms with E-state index in [1.807, 2.05) is 6.92 Å². The van der Waals surface area contributed by atoms with E-state index in [1.54, 1.807) is 12.1 Å². The third-order valence-corrected chi connectivity index (χ3v) is 5.54. The Labute approximate surface area is 195 Å². The van der Waals surface area contributed by atoms with Crippen LogP contribution in [0.1, 0.15) is 52.6 Å². The highest BCUT2D eigenvalue weighted by Gasteiger charge is 2.34. The first kappa shape index (κ1) is 25.2. The van der Waals surface area contributed by atoms with Crippen LogP contribution in [0.15, 0.2) is 29.2 Å². The molecule has 1 aromatic carbocycles. The lowest BCUT2D eigenvalue weighted by Gasteiger charge is -2.40. The average Bonchev–Trinajstić information content (AvgIpc) is 2.81. The number of unbranched alkanes of at least 4 members (excludes halogenated alkanes) is 1. The molecule has 0 saturated carbocycles. The van der Waals surface area contributed by atoms with E-state index in [2.05, 4.69) is 5.32 Å². The smallest absolute Gasteiger partial charge is 0.277 e. The molecule has 1 aromatic heterocycles. The largest absolute Gasteiger partial charge is 0.502 e. The molecular formula is C23H28F2N4O5. The normalized spacial score (nSPS) is 13.2. The number of nitrogens with zero attached hydrogens (tertiary/aromatic N) is 3. The van der Waals surface area contributed by atoms with Gasteiger partial charge < -0.3 is 20.1 Å². The second kappa shape index (κ2) is 11.1. The van der Waals surface area contributed by atoms with E-state index in [9.17, 15) is 28.3 Å². The van der Waals surface area contributed by atoms with Gasteiger partial charge in [-0.15, -0.1) is 0 Å². The summed E-state index contributed by atoms with van der Waals surface area (Å²) in [5, 5.41) is 14.8. The zero-order valence-electron chi connectivity index (χ0n) is 19.1. The Morgan fingerprint density at radius 1 is 1.21 bits per heavy atom. The molecule has 34 heavy (non-hydrogen) atoms. The van der Waals surface area contributed by atoms with Crippen LogP contribution in [0.2, 0.25) is 0 Å². The molecule has 1 aliphatic heterocycles. The predicted octanol–water partition coefficient (Wildman–Crippen LogP) is 1.95. The monoisotopic (exact) mass is 478 g/mol. The summed E-state index contributed by atoms with van der Waals surface area (Å²) in [7, 11) is 1.56. The number of fused-ring (bicyclic) bond motifs is 1. The Morgan fingerprint density at radius 3 is 2.65 bits per heavy atom. The zero-order chi connectivity index (χ0) is 24.8. The van der Waals surface area contributed by atoms with Gasteiger partial charge in [0.1, 0.15) is 23.9 Å². The Morgan fingerprint density at radius 2 is 1.97 bits per heavy atom. The Balaban J connectivity index is 1.91. The summed E-state index contributed by atoms with van der Waals surface area (Å²) >= 11 is 0. The Hall–Kier alpha value is -3.47. The minimum atomic E-state index is -1.01. The van der Waals surface area contributed by atoms with Crippen molar-refractivity contribution in [3.63, 3.8) is 0 Å². The third-order valence-electron chi connectivity index (χ3n) is 5.54. The second-order valence-electron chi connectivity index (χ2n) is 7.97. The van der Waals surface area contributed by atoms with Crippen LogP contribution in [0.5, 0.6) is 5.75 Å². The molecule has 2 N–H and O–H groups in total. The summed E-state index contributed by atoms with van der Waals surface area (Å²) in [5.74, 6) is -3.80. The van der Waals surface area contributed by atoms with Crippen molar-refractivity contribution < 1.29 is 28.2 Å². The minimum Gasteiger partial charge on any atom is -0.502 e. The first-order chi connectivity index (χ1) is 16.3. The molecule has 11 heteroatoms. The lowest BCUT2D eigenvalue weighted by atomic mass is 10.1. The summed E-state index contributed by atoms with van der Waals surface area (Å²) in [5.41, 5.74) is -1.59. The summed E-state index contributed by atoms with van der Waals surface area (Å²) < 4.78 is 33.4. The first-order valence-electron chi connectivity index (χ1n) is 11.0. The number of hydrogen-bond donors (Lipinski definition) is 2. The van der Waals surface area contributed by atoms with Crippen molar-refractivity contribution in [2.45, 2.75) is 32.7 Å². The van der Waals surface area contributed by atoms with Gasteiger partial charge in [0.25, 0.3) is 11.8 Å². The number of aromatic nitrogens is 1. The highest BCUT2D eigenvalue weighted by molar-refractivity contribution is 5.99. The number of carbonyl (C=O) groups excluding carboxylic acids is 2. The number of aromatic hydroxyl groups is 1. The van der Waals surface area contributed by atoms with Crippen molar-refractivity contribution in [2.75, 3.05) is 38.5 Å². The fourth-order valence-electron chi connectivity index (χ4n) is 3.68. The van der Waals surface area contributed by atoms with Crippen LogP contribution in [0.25, 0.3) is 0 Å². The molecule has 0 fully saturated rings. The number of hydrogen-bond acceptors (Lipinski definition) is 6. The topological polar surface area (TPSA) is 104 Å².